The molecular weight excluding hydrogens is 214 g/mol. The van der Waals surface area contributed by atoms with Gasteiger partial charge in [0.2, 0.25) is 0 Å². The van der Waals surface area contributed by atoms with E-state index >= 15 is 0 Å². The Balaban J connectivity index is 1.68. The second-order valence-electron chi connectivity index (χ2n) is 5.01. The molecule has 1 aliphatic rings. The highest BCUT2D eigenvalue weighted by Gasteiger charge is 2.21. The van der Waals surface area contributed by atoms with Crippen LogP contribution < -0.4 is 5.32 Å². The van der Waals surface area contributed by atoms with Crippen molar-refractivity contribution in [3.8, 4) is 0 Å². The molecule has 1 aromatic heterocycles. The Morgan fingerprint density at radius 3 is 2.94 bits per heavy atom. The zero-order chi connectivity index (χ0) is 11.2. The van der Waals surface area contributed by atoms with Crippen molar-refractivity contribution in [1.29, 1.82) is 0 Å². The quantitative estimate of drug-likeness (QED) is 0.724. The lowest BCUT2D eigenvalue weighted by atomic mass is 9.96. The minimum absolute atomic E-state index is 0.862. The SMILES string of the molecule is CCCC(CCc1ccsc1)CNC1CC1. The molecule has 0 amide bonds. The van der Waals surface area contributed by atoms with Crippen molar-refractivity contribution in [3.05, 3.63) is 22.4 Å². The van der Waals surface area contributed by atoms with E-state index in [-0.39, 0.29) is 0 Å². The van der Waals surface area contributed by atoms with Crippen molar-refractivity contribution in [2.24, 2.45) is 5.92 Å². The Bertz CT molecular complexity index is 277. The molecule has 1 aliphatic carbocycles. The Labute approximate surface area is 103 Å². The predicted octanol–water partition coefficient (Wildman–Crippen LogP) is 3.85. The minimum Gasteiger partial charge on any atom is -0.314 e. The molecule has 1 aromatic rings. The molecule has 1 nitrogen and oxygen atoms in total. The molecule has 1 fully saturated rings. The molecule has 0 spiro atoms. The van der Waals surface area contributed by atoms with E-state index in [2.05, 4.69) is 29.1 Å². The first-order valence-corrected chi connectivity index (χ1v) is 7.57. The molecule has 90 valence electrons. The van der Waals surface area contributed by atoms with E-state index in [1.807, 2.05) is 11.3 Å². The summed E-state index contributed by atoms with van der Waals surface area (Å²) < 4.78 is 0. The maximum atomic E-state index is 3.67. The monoisotopic (exact) mass is 237 g/mol. The van der Waals surface area contributed by atoms with Crippen molar-refractivity contribution in [2.45, 2.75) is 51.5 Å². The molecule has 0 saturated heterocycles. The van der Waals surface area contributed by atoms with Crippen molar-refractivity contribution in [1.82, 2.24) is 5.32 Å². The van der Waals surface area contributed by atoms with Crippen LogP contribution in [0.15, 0.2) is 16.8 Å². The van der Waals surface area contributed by atoms with Crippen LogP contribution in [0.4, 0.5) is 0 Å². The van der Waals surface area contributed by atoms with Gasteiger partial charge in [0.05, 0.1) is 0 Å². The van der Waals surface area contributed by atoms with Gasteiger partial charge in [-0.2, -0.15) is 11.3 Å². The molecule has 2 heteroatoms. The largest absolute Gasteiger partial charge is 0.314 e. The lowest BCUT2D eigenvalue weighted by molar-refractivity contribution is 0.413. The first-order chi connectivity index (χ1) is 7.88. The van der Waals surface area contributed by atoms with Crippen molar-refractivity contribution in [2.75, 3.05) is 6.54 Å². The highest BCUT2D eigenvalue weighted by molar-refractivity contribution is 7.07. The van der Waals surface area contributed by atoms with Crippen LogP contribution >= 0.6 is 11.3 Å². The second kappa shape index (κ2) is 6.41. The summed E-state index contributed by atoms with van der Waals surface area (Å²) in [6.07, 6.45) is 8.13. The molecule has 1 atom stereocenters. The normalized spacial score (nSPS) is 17.6. The van der Waals surface area contributed by atoms with Crippen LogP contribution in [0, 0.1) is 5.92 Å². The lowest BCUT2D eigenvalue weighted by Gasteiger charge is -2.16. The summed E-state index contributed by atoms with van der Waals surface area (Å²) in [5.41, 5.74) is 1.53. The maximum absolute atomic E-state index is 3.67. The van der Waals surface area contributed by atoms with Gasteiger partial charge in [0, 0.05) is 6.04 Å². The van der Waals surface area contributed by atoms with Gasteiger partial charge in [-0.05, 0) is 67.0 Å². The number of aryl methyl sites for hydroxylation is 1. The number of rotatable bonds is 8. The van der Waals surface area contributed by atoms with Crippen LogP contribution in [0.3, 0.4) is 0 Å². The Hall–Kier alpha value is -0.340. The Morgan fingerprint density at radius 2 is 2.31 bits per heavy atom. The van der Waals surface area contributed by atoms with E-state index in [0.29, 0.717) is 0 Å². The fourth-order valence-corrected chi connectivity index (χ4v) is 2.89. The third-order valence-electron chi connectivity index (χ3n) is 3.39. The first-order valence-electron chi connectivity index (χ1n) is 6.63. The van der Waals surface area contributed by atoms with E-state index in [4.69, 9.17) is 0 Å². The van der Waals surface area contributed by atoms with Gasteiger partial charge in [-0.1, -0.05) is 13.3 Å². The van der Waals surface area contributed by atoms with Crippen LogP contribution in [0.1, 0.15) is 44.6 Å². The molecule has 0 aliphatic heterocycles. The summed E-state index contributed by atoms with van der Waals surface area (Å²) in [5.74, 6) is 0.880. The van der Waals surface area contributed by atoms with E-state index < -0.39 is 0 Å². The number of nitrogens with one attached hydrogen (secondary N) is 1. The van der Waals surface area contributed by atoms with Gasteiger partial charge in [-0.25, -0.2) is 0 Å². The van der Waals surface area contributed by atoms with Gasteiger partial charge in [-0.3, -0.25) is 0 Å². The van der Waals surface area contributed by atoms with Crippen molar-refractivity contribution in [3.63, 3.8) is 0 Å². The van der Waals surface area contributed by atoms with Gasteiger partial charge < -0.3 is 5.32 Å². The van der Waals surface area contributed by atoms with E-state index in [1.165, 1.54) is 50.6 Å². The topological polar surface area (TPSA) is 12.0 Å². The predicted molar refractivity (Wildman–Crippen MR) is 72.1 cm³/mol. The van der Waals surface area contributed by atoms with Gasteiger partial charge in [0.25, 0.3) is 0 Å². The summed E-state index contributed by atoms with van der Waals surface area (Å²) >= 11 is 1.82. The summed E-state index contributed by atoms with van der Waals surface area (Å²) in [6, 6.07) is 3.13. The molecule has 1 heterocycles. The van der Waals surface area contributed by atoms with Crippen molar-refractivity contribution >= 4 is 11.3 Å². The average Bonchev–Trinajstić information content (AvgIpc) is 2.97. The summed E-state index contributed by atoms with van der Waals surface area (Å²) in [7, 11) is 0. The zero-order valence-corrected chi connectivity index (χ0v) is 11.1. The van der Waals surface area contributed by atoms with Crippen LogP contribution in [-0.4, -0.2) is 12.6 Å². The molecule has 16 heavy (non-hydrogen) atoms. The van der Waals surface area contributed by atoms with Crippen LogP contribution in [0.25, 0.3) is 0 Å². The van der Waals surface area contributed by atoms with Crippen LogP contribution in [-0.2, 0) is 6.42 Å². The third-order valence-corrected chi connectivity index (χ3v) is 4.12. The van der Waals surface area contributed by atoms with Crippen LogP contribution in [0.2, 0.25) is 0 Å². The first kappa shape index (κ1) is 12.1. The molecule has 0 aromatic carbocycles. The van der Waals surface area contributed by atoms with Crippen molar-refractivity contribution < 1.29 is 0 Å². The number of hydrogen-bond acceptors (Lipinski definition) is 2. The Morgan fingerprint density at radius 1 is 1.44 bits per heavy atom. The molecular formula is C14H23NS. The maximum Gasteiger partial charge on any atom is 0.00683 e. The molecule has 1 N–H and O–H groups in total. The Kier molecular flexibility index (Phi) is 4.86. The fourth-order valence-electron chi connectivity index (χ4n) is 2.18. The van der Waals surface area contributed by atoms with E-state index in [9.17, 15) is 0 Å². The van der Waals surface area contributed by atoms with E-state index in [0.717, 1.165) is 12.0 Å². The fraction of sp³-hybridized carbons (Fsp3) is 0.714. The third kappa shape index (κ3) is 4.26. The summed E-state index contributed by atoms with van der Waals surface area (Å²) in [5, 5.41) is 8.15. The molecule has 0 radical (unpaired) electrons. The lowest BCUT2D eigenvalue weighted by Crippen LogP contribution is -2.25. The van der Waals surface area contributed by atoms with Crippen LogP contribution in [0.5, 0.6) is 0 Å². The number of thiophene rings is 1. The zero-order valence-electron chi connectivity index (χ0n) is 10.2. The summed E-state index contributed by atoms with van der Waals surface area (Å²) in [6.45, 7) is 3.54. The van der Waals surface area contributed by atoms with E-state index in [1.54, 1.807) is 0 Å². The minimum atomic E-state index is 0.862. The molecule has 2 rings (SSSR count). The van der Waals surface area contributed by atoms with Gasteiger partial charge in [0.15, 0.2) is 0 Å². The summed E-state index contributed by atoms with van der Waals surface area (Å²) in [4.78, 5) is 0. The van der Waals surface area contributed by atoms with Gasteiger partial charge in [0.1, 0.15) is 0 Å². The molecule has 1 unspecified atom stereocenters. The molecule has 0 bridgehead atoms. The molecule has 1 saturated carbocycles. The standard InChI is InChI=1S/C14H23NS/c1-2-3-12(10-15-14-6-7-14)4-5-13-8-9-16-11-13/h8-9,11-12,14-15H,2-7,10H2,1H3. The number of hydrogen-bond donors (Lipinski definition) is 1. The average molecular weight is 237 g/mol. The van der Waals surface area contributed by atoms with Gasteiger partial charge in [-0.15, -0.1) is 0 Å². The second-order valence-corrected chi connectivity index (χ2v) is 5.79. The highest BCUT2D eigenvalue weighted by atomic mass is 32.1. The van der Waals surface area contributed by atoms with Gasteiger partial charge >= 0.3 is 0 Å². The smallest absolute Gasteiger partial charge is 0.00683 e. The highest BCUT2D eigenvalue weighted by Crippen LogP contribution is 2.21.